The molecule has 0 atom stereocenters. The molecule has 13 heavy (non-hydrogen) atoms. The molecule has 0 saturated heterocycles. The lowest BCUT2D eigenvalue weighted by molar-refractivity contribution is 0.0981. The first-order valence-electron chi connectivity index (χ1n) is 3.85. The predicted molar refractivity (Wildman–Crippen MR) is 47.5 cm³/mol. The third-order valence-electron chi connectivity index (χ3n) is 1.84. The molecule has 2 rings (SSSR count). The van der Waals surface area contributed by atoms with Crippen molar-refractivity contribution >= 4 is 11.7 Å². The molecule has 0 bridgehead atoms. The van der Waals surface area contributed by atoms with Gasteiger partial charge >= 0.3 is 0 Å². The highest BCUT2D eigenvalue weighted by Crippen LogP contribution is 2.14. The molecule has 0 saturated carbocycles. The van der Waals surface area contributed by atoms with Gasteiger partial charge in [0.05, 0.1) is 5.56 Å². The Balaban J connectivity index is 2.53. The number of amidine groups is 1. The second-order valence-electron chi connectivity index (χ2n) is 2.62. The second kappa shape index (κ2) is 2.90. The van der Waals surface area contributed by atoms with Crippen LogP contribution in [0.4, 0.5) is 0 Å². The predicted octanol–water partition coefficient (Wildman–Crippen LogP) is 0.738. The summed E-state index contributed by atoms with van der Waals surface area (Å²) < 4.78 is 0. The summed E-state index contributed by atoms with van der Waals surface area (Å²) in [4.78, 5) is 15.9. The number of hydrogen-bond donors (Lipinski definition) is 1. The van der Waals surface area contributed by atoms with E-state index in [0.717, 1.165) is 5.56 Å². The fraction of sp³-hybridized carbons (Fsp3) is 0.111. The molecule has 0 aromatic heterocycles. The van der Waals surface area contributed by atoms with Crippen molar-refractivity contribution < 1.29 is 9.63 Å². The fourth-order valence-corrected chi connectivity index (χ4v) is 1.29. The number of carbonyl (C=O) groups excluding carboxylic acids is 1. The molecule has 0 unspecified atom stereocenters. The van der Waals surface area contributed by atoms with E-state index in [-0.39, 0.29) is 5.91 Å². The van der Waals surface area contributed by atoms with E-state index >= 15 is 0 Å². The summed E-state index contributed by atoms with van der Waals surface area (Å²) in [6.45, 7) is 0. The van der Waals surface area contributed by atoms with Crippen LogP contribution in [-0.2, 0) is 4.84 Å². The van der Waals surface area contributed by atoms with Gasteiger partial charge in [-0.15, -0.1) is 0 Å². The largest absolute Gasteiger partial charge is 0.397 e. The summed E-state index contributed by atoms with van der Waals surface area (Å²) in [7, 11) is 1.44. The molecule has 1 amide bonds. The van der Waals surface area contributed by atoms with Crippen LogP contribution in [0.25, 0.3) is 0 Å². The number of carbonyl (C=O) groups is 1. The molecule has 1 aliphatic rings. The van der Waals surface area contributed by atoms with Crippen LogP contribution in [0.2, 0.25) is 0 Å². The fourth-order valence-electron chi connectivity index (χ4n) is 1.29. The summed E-state index contributed by atoms with van der Waals surface area (Å²) in [5.74, 6) is 0.342. The van der Waals surface area contributed by atoms with Crippen LogP contribution >= 0.6 is 0 Å². The minimum Gasteiger partial charge on any atom is -0.397 e. The van der Waals surface area contributed by atoms with Gasteiger partial charge in [0, 0.05) is 5.56 Å². The minimum absolute atomic E-state index is 0.133. The molecular weight excluding hydrogens is 168 g/mol. The number of amides is 1. The Labute approximate surface area is 75.2 Å². The molecule has 1 heterocycles. The molecule has 0 spiro atoms. The van der Waals surface area contributed by atoms with E-state index in [1.807, 2.05) is 18.2 Å². The van der Waals surface area contributed by atoms with Crippen molar-refractivity contribution in [1.82, 2.24) is 5.32 Å². The van der Waals surface area contributed by atoms with Crippen molar-refractivity contribution in [2.75, 3.05) is 7.11 Å². The van der Waals surface area contributed by atoms with Gasteiger partial charge in [-0.25, -0.2) is 0 Å². The van der Waals surface area contributed by atoms with E-state index in [4.69, 9.17) is 0 Å². The highest BCUT2D eigenvalue weighted by atomic mass is 16.6. The van der Waals surface area contributed by atoms with Gasteiger partial charge in [0.25, 0.3) is 5.91 Å². The first kappa shape index (κ1) is 7.79. The van der Waals surface area contributed by atoms with Crippen LogP contribution in [-0.4, -0.2) is 18.9 Å². The molecule has 4 nitrogen and oxygen atoms in total. The van der Waals surface area contributed by atoms with Gasteiger partial charge in [-0.1, -0.05) is 23.4 Å². The average molecular weight is 176 g/mol. The van der Waals surface area contributed by atoms with Crippen LogP contribution in [0.1, 0.15) is 15.9 Å². The third-order valence-corrected chi connectivity index (χ3v) is 1.84. The smallest absolute Gasteiger partial charge is 0.257 e. The summed E-state index contributed by atoms with van der Waals surface area (Å²) >= 11 is 0. The van der Waals surface area contributed by atoms with Crippen LogP contribution in [0.3, 0.4) is 0 Å². The van der Waals surface area contributed by atoms with Crippen LogP contribution in [0, 0.1) is 0 Å². The maximum atomic E-state index is 11.3. The Hall–Kier alpha value is -1.84. The number of nitrogens with one attached hydrogen (secondary N) is 1. The van der Waals surface area contributed by atoms with Crippen molar-refractivity contribution in [2.45, 2.75) is 0 Å². The minimum atomic E-state index is -0.133. The van der Waals surface area contributed by atoms with E-state index in [1.54, 1.807) is 6.07 Å². The van der Waals surface area contributed by atoms with Crippen molar-refractivity contribution in [2.24, 2.45) is 5.16 Å². The molecule has 0 aliphatic carbocycles. The monoisotopic (exact) mass is 176 g/mol. The summed E-state index contributed by atoms with van der Waals surface area (Å²) in [5.41, 5.74) is 1.42. The van der Waals surface area contributed by atoms with Gasteiger partial charge in [-0.3, -0.25) is 4.79 Å². The zero-order chi connectivity index (χ0) is 9.26. The van der Waals surface area contributed by atoms with Gasteiger partial charge in [0.15, 0.2) is 5.84 Å². The lowest BCUT2D eigenvalue weighted by atomic mass is 10.1. The van der Waals surface area contributed by atoms with Crippen molar-refractivity contribution in [3.05, 3.63) is 35.4 Å². The van der Waals surface area contributed by atoms with E-state index in [9.17, 15) is 4.79 Å². The zero-order valence-corrected chi connectivity index (χ0v) is 7.07. The van der Waals surface area contributed by atoms with Crippen LogP contribution in [0.15, 0.2) is 29.4 Å². The number of rotatable bonds is 1. The van der Waals surface area contributed by atoms with Crippen molar-refractivity contribution in [3.8, 4) is 0 Å². The standard InChI is InChI=1S/C9H8N2O2/c1-13-11-8-6-4-2-3-5-7(6)9(12)10-8/h2-5H,1H3,(H,10,11,12). The summed E-state index contributed by atoms with van der Waals surface area (Å²) in [6.07, 6.45) is 0. The third kappa shape index (κ3) is 1.16. The van der Waals surface area contributed by atoms with Crippen molar-refractivity contribution in [1.29, 1.82) is 0 Å². The number of oxime groups is 1. The number of nitrogens with zero attached hydrogens (tertiary/aromatic N) is 1. The first-order chi connectivity index (χ1) is 6.33. The Morgan fingerprint density at radius 3 is 2.69 bits per heavy atom. The van der Waals surface area contributed by atoms with Crippen LogP contribution < -0.4 is 5.32 Å². The molecule has 1 aromatic carbocycles. The molecule has 1 N–H and O–H groups in total. The van der Waals surface area contributed by atoms with Gasteiger partial charge in [-0.05, 0) is 6.07 Å². The van der Waals surface area contributed by atoms with E-state index < -0.39 is 0 Å². The average Bonchev–Trinajstić information content (AvgIpc) is 2.46. The van der Waals surface area contributed by atoms with Gasteiger partial charge < -0.3 is 10.2 Å². The number of benzene rings is 1. The molecule has 1 aromatic rings. The molecule has 1 aliphatic heterocycles. The molecule has 66 valence electrons. The van der Waals surface area contributed by atoms with Crippen molar-refractivity contribution in [3.63, 3.8) is 0 Å². The topological polar surface area (TPSA) is 50.7 Å². The maximum Gasteiger partial charge on any atom is 0.257 e. The Bertz CT molecular complexity index is 385. The molecular formula is C9H8N2O2. The Morgan fingerprint density at radius 1 is 1.31 bits per heavy atom. The molecule has 0 radical (unpaired) electrons. The summed E-state index contributed by atoms with van der Waals surface area (Å²) in [5, 5.41) is 6.31. The lowest BCUT2D eigenvalue weighted by Crippen LogP contribution is -2.21. The Morgan fingerprint density at radius 2 is 2.00 bits per heavy atom. The Kier molecular flexibility index (Phi) is 1.73. The number of hydrogen-bond acceptors (Lipinski definition) is 3. The highest BCUT2D eigenvalue weighted by molar-refractivity contribution is 6.23. The highest BCUT2D eigenvalue weighted by Gasteiger charge is 2.24. The van der Waals surface area contributed by atoms with Gasteiger partial charge in [-0.2, -0.15) is 0 Å². The quantitative estimate of drug-likeness (QED) is 0.641. The van der Waals surface area contributed by atoms with E-state index in [1.165, 1.54) is 7.11 Å². The van der Waals surface area contributed by atoms with Crippen LogP contribution in [0.5, 0.6) is 0 Å². The normalized spacial score (nSPS) is 17.0. The number of fused-ring (bicyclic) bond motifs is 1. The molecule has 0 fully saturated rings. The first-order valence-corrected chi connectivity index (χ1v) is 3.85. The van der Waals surface area contributed by atoms with E-state index in [0.29, 0.717) is 11.4 Å². The van der Waals surface area contributed by atoms with Gasteiger partial charge in [0.1, 0.15) is 7.11 Å². The second-order valence-corrected chi connectivity index (χ2v) is 2.62. The zero-order valence-electron chi connectivity index (χ0n) is 7.07. The summed E-state index contributed by atoms with van der Waals surface area (Å²) in [6, 6.07) is 7.24. The van der Waals surface area contributed by atoms with Gasteiger partial charge in [0.2, 0.25) is 0 Å². The maximum absolute atomic E-state index is 11.3. The van der Waals surface area contributed by atoms with E-state index in [2.05, 4.69) is 15.3 Å². The lowest BCUT2D eigenvalue weighted by Gasteiger charge is -1.95. The molecule has 4 heteroatoms. The SMILES string of the molecule is CON=C1NC(=O)c2ccccc21.